The van der Waals surface area contributed by atoms with Gasteiger partial charge in [-0.2, -0.15) is 0 Å². The molecule has 106 valence electrons. The van der Waals surface area contributed by atoms with Gasteiger partial charge in [-0.25, -0.2) is 4.79 Å². The van der Waals surface area contributed by atoms with E-state index in [4.69, 9.17) is 9.57 Å². The molecule has 0 unspecified atom stereocenters. The maximum absolute atomic E-state index is 11.7. The topological polar surface area (TPSA) is 47.6 Å². The van der Waals surface area contributed by atoms with Crippen LogP contribution in [0.2, 0.25) is 0 Å². The lowest BCUT2D eigenvalue weighted by Crippen LogP contribution is -2.28. The Morgan fingerprint density at radius 3 is 2.00 bits per heavy atom. The molecule has 0 saturated heterocycles. The Hall–Kier alpha value is -2.59. The molecular formula is C17H15NO3. The summed E-state index contributed by atoms with van der Waals surface area (Å²) in [5.41, 5.74) is 4.00. The normalized spacial score (nSPS) is 16.0. The average molecular weight is 281 g/mol. The molecule has 0 saturated carbocycles. The first-order valence-electron chi connectivity index (χ1n) is 6.62. The molecule has 1 aliphatic heterocycles. The summed E-state index contributed by atoms with van der Waals surface area (Å²) in [6.07, 6.45) is 1.75. The summed E-state index contributed by atoms with van der Waals surface area (Å²) in [6.45, 7) is 0. The SMILES string of the molecule is COC(=O)C1=CC(c2ccccc2)(c2ccccc2)ON1. The molecule has 0 spiro atoms. The van der Waals surface area contributed by atoms with E-state index in [9.17, 15) is 4.79 Å². The molecule has 2 aromatic carbocycles. The van der Waals surface area contributed by atoms with E-state index in [1.54, 1.807) is 6.08 Å². The lowest BCUT2D eigenvalue weighted by Gasteiger charge is -2.26. The summed E-state index contributed by atoms with van der Waals surface area (Å²) in [5, 5.41) is 0. The number of nitrogens with one attached hydrogen (secondary N) is 1. The van der Waals surface area contributed by atoms with Gasteiger partial charge < -0.3 is 4.74 Å². The zero-order valence-electron chi connectivity index (χ0n) is 11.6. The van der Waals surface area contributed by atoms with Crippen molar-refractivity contribution in [2.24, 2.45) is 0 Å². The Morgan fingerprint density at radius 2 is 1.52 bits per heavy atom. The molecule has 4 nitrogen and oxygen atoms in total. The molecule has 0 amide bonds. The van der Waals surface area contributed by atoms with E-state index in [1.165, 1.54) is 7.11 Å². The van der Waals surface area contributed by atoms with Gasteiger partial charge in [0.2, 0.25) is 0 Å². The van der Waals surface area contributed by atoms with Crippen molar-refractivity contribution in [1.29, 1.82) is 0 Å². The van der Waals surface area contributed by atoms with Crippen molar-refractivity contribution in [2.75, 3.05) is 7.11 Å². The van der Waals surface area contributed by atoms with Crippen LogP contribution in [0.15, 0.2) is 72.4 Å². The van der Waals surface area contributed by atoms with Gasteiger partial charge in [0, 0.05) is 0 Å². The van der Waals surface area contributed by atoms with Crippen LogP contribution in [0.25, 0.3) is 0 Å². The number of hydrogen-bond acceptors (Lipinski definition) is 4. The van der Waals surface area contributed by atoms with Crippen molar-refractivity contribution in [1.82, 2.24) is 5.48 Å². The minimum absolute atomic E-state index is 0.296. The van der Waals surface area contributed by atoms with Gasteiger partial charge in [-0.3, -0.25) is 10.3 Å². The van der Waals surface area contributed by atoms with E-state index in [2.05, 4.69) is 5.48 Å². The van der Waals surface area contributed by atoms with Crippen LogP contribution in [0.3, 0.4) is 0 Å². The standard InChI is InChI=1S/C17H15NO3/c1-20-16(19)15-12-17(21-18-15,13-8-4-2-5-9-13)14-10-6-3-7-11-14/h2-12,18H,1H3. The zero-order valence-corrected chi connectivity index (χ0v) is 11.6. The summed E-state index contributed by atoms with van der Waals surface area (Å²) in [5.74, 6) is -0.455. The Labute approximate surface area is 123 Å². The third-order valence-corrected chi connectivity index (χ3v) is 3.48. The van der Waals surface area contributed by atoms with Gasteiger partial charge in [-0.05, 0) is 17.2 Å². The molecule has 0 bridgehead atoms. The molecule has 1 N–H and O–H groups in total. The van der Waals surface area contributed by atoms with Crippen LogP contribution < -0.4 is 5.48 Å². The van der Waals surface area contributed by atoms with Crippen LogP contribution in [-0.2, 0) is 20.0 Å². The predicted molar refractivity (Wildman–Crippen MR) is 78.0 cm³/mol. The summed E-state index contributed by atoms with van der Waals surface area (Å²) in [7, 11) is 1.34. The number of ether oxygens (including phenoxy) is 1. The molecule has 1 heterocycles. The third-order valence-electron chi connectivity index (χ3n) is 3.48. The highest BCUT2D eigenvalue weighted by Crippen LogP contribution is 2.38. The maximum atomic E-state index is 11.7. The molecule has 3 rings (SSSR count). The molecule has 2 aromatic rings. The van der Waals surface area contributed by atoms with Gasteiger partial charge in [-0.15, -0.1) is 0 Å². The van der Waals surface area contributed by atoms with Crippen molar-refractivity contribution in [2.45, 2.75) is 5.60 Å². The fourth-order valence-electron chi connectivity index (χ4n) is 2.43. The second-order valence-corrected chi connectivity index (χ2v) is 4.72. The second kappa shape index (κ2) is 5.42. The highest BCUT2D eigenvalue weighted by Gasteiger charge is 2.40. The summed E-state index contributed by atoms with van der Waals surface area (Å²) >= 11 is 0. The van der Waals surface area contributed by atoms with E-state index in [-0.39, 0.29) is 0 Å². The van der Waals surface area contributed by atoms with Crippen molar-refractivity contribution < 1.29 is 14.4 Å². The number of rotatable bonds is 3. The first-order valence-corrected chi connectivity index (χ1v) is 6.62. The third kappa shape index (κ3) is 2.30. The number of carbonyl (C=O) groups excluding carboxylic acids is 1. The van der Waals surface area contributed by atoms with Gasteiger partial charge >= 0.3 is 5.97 Å². The van der Waals surface area contributed by atoms with E-state index < -0.39 is 11.6 Å². The fourth-order valence-corrected chi connectivity index (χ4v) is 2.43. The first kappa shape index (κ1) is 13.4. The van der Waals surface area contributed by atoms with Crippen LogP contribution >= 0.6 is 0 Å². The van der Waals surface area contributed by atoms with Crippen LogP contribution in [0.4, 0.5) is 0 Å². The highest BCUT2D eigenvalue weighted by molar-refractivity contribution is 5.88. The van der Waals surface area contributed by atoms with Crippen LogP contribution in [0.1, 0.15) is 11.1 Å². The number of hydrogen-bond donors (Lipinski definition) is 1. The number of carbonyl (C=O) groups is 1. The van der Waals surface area contributed by atoms with Crippen molar-refractivity contribution in [3.05, 3.63) is 83.6 Å². The molecule has 0 aromatic heterocycles. The number of hydroxylamine groups is 1. The average Bonchev–Trinajstić information content (AvgIpc) is 3.02. The lowest BCUT2D eigenvalue weighted by molar-refractivity contribution is -0.138. The Morgan fingerprint density at radius 1 is 1.00 bits per heavy atom. The van der Waals surface area contributed by atoms with Gasteiger partial charge in [0.25, 0.3) is 0 Å². The molecule has 1 aliphatic rings. The molecule has 4 heteroatoms. The predicted octanol–water partition coefficient (Wildman–Crippen LogP) is 2.52. The van der Waals surface area contributed by atoms with E-state index in [0.717, 1.165) is 11.1 Å². The fraction of sp³-hybridized carbons (Fsp3) is 0.118. The maximum Gasteiger partial charge on any atom is 0.356 e. The van der Waals surface area contributed by atoms with E-state index >= 15 is 0 Å². The number of methoxy groups -OCH3 is 1. The number of esters is 1. The first-order chi connectivity index (χ1) is 10.3. The molecule has 0 radical (unpaired) electrons. The summed E-state index contributed by atoms with van der Waals surface area (Å²) in [4.78, 5) is 17.5. The minimum Gasteiger partial charge on any atom is -0.464 e. The molecular weight excluding hydrogens is 266 g/mol. The highest BCUT2D eigenvalue weighted by atomic mass is 16.7. The second-order valence-electron chi connectivity index (χ2n) is 4.72. The van der Waals surface area contributed by atoms with Gasteiger partial charge in [-0.1, -0.05) is 60.7 Å². The van der Waals surface area contributed by atoms with E-state index in [1.807, 2.05) is 60.7 Å². The molecule has 0 fully saturated rings. The Kier molecular flexibility index (Phi) is 3.46. The van der Waals surface area contributed by atoms with Crippen LogP contribution in [-0.4, -0.2) is 13.1 Å². The summed E-state index contributed by atoms with van der Waals surface area (Å²) < 4.78 is 4.75. The Balaban J connectivity index is 2.14. The minimum atomic E-state index is -0.841. The zero-order chi connectivity index (χ0) is 14.7. The van der Waals surface area contributed by atoms with Gasteiger partial charge in [0.05, 0.1) is 7.11 Å². The molecule has 21 heavy (non-hydrogen) atoms. The molecule has 0 aliphatic carbocycles. The lowest BCUT2D eigenvalue weighted by atomic mass is 9.86. The van der Waals surface area contributed by atoms with Crippen LogP contribution in [0.5, 0.6) is 0 Å². The number of benzene rings is 2. The Bertz CT molecular complexity index is 625. The smallest absolute Gasteiger partial charge is 0.356 e. The van der Waals surface area contributed by atoms with Crippen molar-refractivity contribution in [3.63, 3.8) is 0 Å². The summed E-state index contributed by atoms with van der Waals surface area (Å²) in [6, 6.07) is 19.5. The van der Waals surface area contributed by atoms with Gasteiger partial charge in [0.15, 0.2) is 5.60 Å². The van der Waals surface area contributed by atoms with Crippen molar-refractivity contribution in [3.8, 4) is 0 Å². The molecule has 0 atom stereocenters. The quantitative estimate of drug-likeness (QED) is 0.878. The van der Waals surface area contributed by atoms with Crippen molar-refractivity contribution >= 4 is 5.97 Å². The monoisotopic (exact) mass is 281 g/mol. The van der Waals surface area contributed by atoms with E-state index in [0.29, 0.717) is 5.70 Å². The largest absolute Gasteiger partial charge is 0.464 e. The van der Waals surface area contributed by atoms with Gasteiger partial charge in [0.1, 0.15) is 5.70 Å². The van der Waals surface area contributed by atoms with Crippen LogP contribution in [0, 0.1) is 0 Å².